The van der Waals surface area contributed by atoms with Crippen LogP contribution in [0.5, 0.6) is 0 Å². The highest BCUT2D eigenvalue weighted by Crippen LogP contribution is 2.29. The van der Waals surface area contributed by atoms with Gasteiger partial charge in [-0.25, -0.2) is 15.0 Å². The summed E-state index contributed by atoms with van der Waals surface area (Å²) in [4.78, 5) is 28.9. The fourth-order valence-electron chi connectivity index (χ4n) is 3.82. The molecule has 4 heterocycles. The van der Waals surface area contributed by atoms with Crippen LogP contribution in [0.25, 0.3) is 22.2 Å². The number of aliphatic hydroxyl groups excluding tert-OH is 1. The molecule has 0 spiro atoms. The molecule has 0 bridgehead atoms. The Morgan fingerprint density at radius 3 is 2.73 bits per heavy atom. The normalized spacial score (nSPS) is 14.1. The van der Waals surface area contributed by atoms with Gasteiger partial charge in [-0.3, -0.25) is 4.79 Å². The summed E-state index contributed by atoms with van der Waals surface area (Å²) in [5, 5.41) is 15.3. The van der Waals surface area contributed by atoms with Gasteiger partial charge in [-0.1, -0.05) is 12.1 Å². The average molecular weight is 465 g/mol. The lowest BCUT2D eigenvalue weighted by Gasteiger charge is -2.28. The van der Waals surface area contributed by atoms with Crippen molar-refractivity contribution in [2.45, 2.75) is 6.42 Å². The molecule has 5 rings (SSSR count). The largest absolute Gasteiger partial charge is 0.396 e. The Hall–Kier alpha value is -3.34. The van der Waals surface area contributed by atoms with Gasteiger partial charge in [0.15, 0.2) is 5.13 Å². The number of hydrogen-bond acceptors (Lipinski definition) is 9. The number of pyridine rings is 1. The Kier molecular flexibility index (Phi) is 6.03. The molecule has 0 atom stereocenters. The van der Waals surface area contributed by atoms with E-state index in [9.17, 15) is 4.79 Å². The number of fused-ring (bicyclic) bond motifs is 1. The first kappa shape index (κ1) is 21.5. The summed E-state index contributed by atoms with van der Waals surface area (Å²) in [5.41, 5.74) is 3.96. The van der Waals surface area contributed by atoms with Crippen molar-refractivity contribution < 1.29 is 9.84 Å². The van der Waals surface area contributed by atoms with E-state index in [0.29, 0.717) is 34.0 Å². The molecule has 1 aromatic carbocycles. The zero-order valence-corrected chi connectivity index (χ0v) is 19.0. The van der Waals surface area contributed by atoms with Gasteiger partial charge in [0.05, 0.1) is 36.4 Å². The van der Waals surface area contributed by atoms with Crippen LogP contribution in [0, 0.1) is 0 Å². The van der Waals surface area contributed by atoms with Crippen LogP contribution < -0.4 is 15.8 Å². The SMILES string of the molecule is Cn1cnc2cc(-c3ccc(N4CCOCC4)cc3)nc(Nc3nc(CCO)cs3)c2c1=O. The Bertz CT molecular complexity index is 1330. The molecule has 1 aliphatic rings. The van der Waals surface area contributed by atoms with Crippen LogP contribution in [-0.2, 0) is 18.2 Å². The van der Waals surface area contributed by atoms with Crippen molar-refractivity contribution in [3.05, 3.63) is 58.1 Å². The summed E-state index contributed by atoms with van der Waals surface area (Å²) >= 11 is 1.40. The Morgan fingerprint density at radius 2 is 1.97 bits per heavy atom. The number of nitrogens with one attached hydrogen (secondary N) is 1. The number of morpholine rings is 1. The molecule has 1 saturated heterocycles. The number of thiazole rings is 1. The zero-order chi connectivity index (χ0) is 22.8. The summed E-state index contributed by atoms with van der Waals surface area (Å²) in [6.45, 7) is 3.26. The molecule has 0 radical (unpaired) electrons. The van der Waals surface area contributed by atoms with Gasteiger partial charge >= 0.3 is 0 Å². The summed E-state index contributed by atoms with van der Waals surface area (Å²) in [6, 6.07) is 10.1. The second-order valence-corrected chi connectivity index (χ2v) is 8.66. The maximum Gasteiger partial charge on any atom is 0.264 e. The highest BCUT2D eigenvalue weighted by molar-refractivity contribution is 7.13. The number of hydrogen-bond donors (Lipinski definition) is 2. The fourth-order valence-corrected chi connectivity index (χ4v) is 4.56. The maximum atomic E-state index is 12.9. The number of rotatable bonds is 6. The van der Waals surface area contributed by atoms with E-state index in [1.807, 2.05) is 23.6 Å². The van der Waals surface area contributed by atoms with Gasteiger partial charge < -0.3 is 24.6 Å². The Labute approximate surface area is 194 Å². The quantitative estimate of drug-likeness (QED) is 0.449. The van der Waals surface area contributed by atoms with E-state index in [4.69, 9.17) is 14.8 Å². The maximum absolute atomic E-state index is 12.9. The minimum Gasteiger partial charge on any atom is -0.396 e. The molecule has 0 amide bonds. The van der Waals surface area contributed by atoms with Gasteiger partial charge in [0.1, 0.15) is 11.2 Å². The molecule has 2 N–H and O–H groups in total. The van der Waals surface area contributed by atoms with Crippen LogP contribution >= 0.6 is 11.3 Å². The van der Waals surface area contributed by atoms with Gasteiger partial charge in [-0.2, -0.15) is 0 Å². The monoisotopic (exact) mass is 464 g/mol. The summed E-state index contributed by atoms with van der Waals surface area (Å²) in [5.74, 6) is 0.415. The number of anilines is 3. The third-order valence-corrected chi connectivity index (χ3v) is 6.39. The molecule has 4 aromatic rings. The minimum absolute atomic E-state index is 0.0325. The predicted octanol–water partition coefficient (Wildman–Crippen LogP) is 2.57. The van der Waals surface area contributed by atoms with E-state index >= 15 is 0 Å². The molecule has 3 aromatic heterocycles. The van der Waals surface area contributed by atoms with Crippen LogP contribution in [0.15, 0.2) is 46.8 Å². The first-order valence-electron chi connectivity index (χ1n) is 10.7. The van der Waals surface area contributed by atoms with E-state index in [2.05, 4.69) is 32.3 Å². The number of aryl methyl sites for hydroxylation is 1. The van der Waals surface area contributed by atoms with Crippen LogP contribution in [-0.4, -0.2) is 57.5 Å². The number of nitrogens with zero attached hydrogens (tertiary/aromatic N) is 5. The molecule has 0 unspecified atom stereocenters. The van der Waals surface area contributed by atoms with Crippen LogP contribution in [0.1, 0.15) is 5.69 Å². The van der Waals surface area contributed by atoms with Crippen molar-refractivity contribution in [3.63, 3.8) is 0 Å². The average Bonchev–Trinajstić information content (AvgIpc) is 3.29. The molecule has 9 nitrogen and oxygen atoms in total. The van der Waals surface area contributed by atoms with Crippen LogP contribution in [0.3, 0.4) is 0 Å². The molecule has 10 heteroatoms. The van der Waals surface area contributed by atoms with E-state index in [1.54, 1.807) is 7.05 Å². The molecule has 1 fully saturated rings. The highest BCUT2D eigenvalue weighted by atomic mass is 32.1. The smallest absolute Gasteiger partial charge is 0.264 e. The zero-order valence-electron chi connectivity index (χ0n) is 18.2. The molecule has 0 aliphatic carbocycles. The molecule has 170 valence electrons. The standard InChI is InChI=1S/C23H24N6O3S/c1-28-14-24-19-12-18(15-2-4-17(5-3-15)29-7-10-32-11-8-29)26-21(20(19)22(28)31)27-23-25-16(6-9-30)13-33-23/h2-5,12-14,30H,6-11H2,1H3,(H,25,26,27). The Balaban J connectivity index is 1.54. The second-order valence-electron chi connectivity index (χ2n) is 7.80. The fraction of sp³-hybridized carbons (Fsp3) is 0.304. The first-order chi connectivity index (χ1) is 16.1. The summed E-state index contributed by atoms with van der Waals surface area (Å²) in [6.07, 6.45) is 1.99. The molecular weight excluding hydrogens is 440 g/mol. The van der Waals surface area contributed by atoms with Crippen molar-refractivity contribution in [1.82, 2.24) is 19.5 Å². The van der Waals surface area contributed by atoms with E-state index < -0.39 is 0 Å². The van der Waals surface area contributed by atoms with E-state index in [-0.39, 0.29) is 12.2 Å². The lowest BCUT2D eigenvalue weighted by molar-refractivity contribution is 0.122. The van der Waals surface area contributed by atoms with Gasteiger partial charge in [0.2, 0.25) is 0 Å². The van der Waals surface area contributed by atoms with Crippen LogP contribution in [0.2, 0.25) is 0 Å². The van der Waals surface area contributed by atoms with Gasteiger partial charge in [0.25, 0.3) is 5.56 Å². The molecular formula is C23H24N6O3S. The molecule has 1 aliphatic heterocycles. The van der Waals surface area contributed by atoms with Crippen molar-refractivity contribution >= 4 is 38.9 Å². The van der Waals surface area contributed by atoms with E-state index in [1.165, 1.54) is 22.2 Å². The van der Waals surface area contributed by atoms with E-state index in [0.717, 1.165) is 43.2 Å². The molecule has 33 heavy (non-hydrogen) atoms. The minimum atomic E-state index is -0.184. The van der Waals surface area contributed by atoms with Crippen molar-refractivity contribution in [1.29, 1.82) is 0 Å². The van der Waals surface area contributed by atoms with Crippen molar-refractivity contribution in [2.75, 3.05) is 43.1 Å². The highest BCUT2D eigenvalue weighted by Gasteiger charge is 2.16. The number of aliphatic hydroxyl groups is 1. The topological polar surface area (TPSA) is 105 Å². The number of benzene rings is 1. The lowest BCUT2D eigenvalue weighted by Crippen LogP contribution is -2.36. The number of ether oxygens (including phenoxy) is 1. The summed E-state index contributed by atoms with van der Waals surface area (Å²) in [7, 11) is 1.67. The Morgan fingerprint density at radius 1 is 1.18 bits per heavy atom. The second kappa shape index (κ2) is 9.26. The third-order valence-electron chi connectivity index (χ3n) is 5.59. The van der Waals surface area contributed by atoms with Crippen molar-refractivity contribution in [3.8, 4) is 11.3 Å². The first-order valence-corrected chi connectivity index (χ1v) is 11.6. The van der Waals surface area contributed by atoms with Gasteiger partial charge in [0, 0.05) is 49.8 Å². The van der Waals surface area contributed by atoms with Gasteiger partial charge in [-0.15, -0.1) is 11.3 Å². The van der Waals surface area contributed by atoms with Gasteiger partial charge in [-0.05, 0) is 18.2 Å². The predicted molar refractivity (Wildman–Crippen MR) is 129 cm³/mol. The molecule has 0 saturated carbocycles. The van der Waals surface area contributed by atoms with Crippen LogP contribution in [0.4, 0.5) is 16.6 Å². The van der Waals surface area contributed by atoms with Crippen molar-refractivity contribution in [2.24, 2.45) is 7.05 Å². The lowest BCUT2D eigenvalue weighted by atomic mass is 10.1. The number of aromatic nitrogens is 4. The summed E-state index contributed by atoms with van der Waals surface area (Å²) < 4.78 is 6.88. The third kappa shape index (κ3) is 4.45.